The topological polar surface area (TPSA) is 111 Å². The summed E-state index contributed by atoms with van der Waals surface area (Å²) in [6, 6.07) is 21.2. The van der Waals surface area contributed by atoms with Crippen LogP contribution >= 0.6 is 0 Å². The summed E-state index contributed by atoms with van der Waals surface area (Å²) in [7, 11) is -2.15. The van der Waals surface area contributed by atoms with Gasteiger partial charge in [0, 0.05) is 17.5 Å². The van der Waals surface area contributed by atoms with Crippen LogP contribution < -0.4 is 15.2 Å². The second-order valence-corrected chi connectivity index (χ2v) is 9.14. The van der Waals surface area contributed by atoms with Gasteiger partial charge in [0.25, 0.3) is 5.91 Å². The van der Waals surface area contributed by atoms with Gasteiger partial charge in [0.05, 0.1) is 28.8 Å². The number of ether oxygens (including phenoxy) is 1. The van der Waals surface area contributed by atoms with Crippen molar-refractivity contribution in [1.29, 1.82) is 0 Å². The number of amides is 1. The van der Waals surface area contributed by atoms with Crippen molar-refractivity contribution in [2.24, 2.45) is 5.14 Å². The summed E-state index contributed by atoms with van der Waals surface area (Å²) in [5, 5.41) is 8.84. The first kappa shape index (κ1) is 22.4. The minimum absolute atomic E-state index is 0.0256. The van der Waals surface area contributed by atoms with Crippen LogP contribution in [0.5, 0.6) is 5.75 Å². The highest BCUT2D eigenvalue weighted by Gasteiger charge is 2.19. The Morgan fingerprint density at radius 1 is 1.00 bits per heavy atom. The number of hydrogen-bond donors (Lipinski definition) is 2. The van der Waals surface area contributed by atoms with Crippen molar-refractivity contribution in [2.75, 3.05) is 7.11 Å². The summed E-state index contributed by atoms with van der Waals surface area (Å²) in [4.78, 5) is 18.1. The third kappa shape index (κ3) is 4.72. The van der Waals surface area contributed by atoms with Gasteiger partial charge >= 0.3 is 0 Å². The largest absolute Gasteiger partial charge is 0.497 e. The fourth-order valence-electron chi connectivity index (χ4n) is 3.70. The van der Waals surface area contributed by atoms with Gasteiger partial charge in [-0.15, -0.1) is 0 Å². The van der Waals surface area contributed by atoms with Gasteiger partial charge in [0.1, 0.15) is 5.75 Å². The number of primary sulfonamides is 1. The average molecular weight is 462 g/mol. The number of nitrogens with two attached hydrogens (primary N) is 1. The van der Waals surface area contributed by atoms with E-state index in [1.54, 1.807) is 19.2 Å². The number of nitrogens with zero attached hydrogens (tertiary/aromatic N) is 1. The first-order chi connectivity index (χ1) is 15.8. The Balaban J connectivity index is 1.68. The molecule has 0 saturated carbocycles. The van der Waals surface area contributed by atoms with Crippen molar-refractivity contribution in [1.82, 2.24) is 10.3 Å². The van der Waals surface area contributed by atoms with Gasteiger partial charge in [-0.05, 0) is 60.5 Å². The lowest BCUT2D eigenvalue weighted by atomic mass is 9.97. The second-order valence-electron chi connectivity index (χ2n) is 7.58. The number of fused-ring (bicyclic) bond motifs is 1. The fraction of sp³-hybridized carbons (Fsp3) is 0.120. The number of carbonyl (C=O) groups excluding carboxylic acids is 1. The minimum atomic E-state index is -3.76. The molecule has 33 heavy (non-hydrogen) atoms. The van der Waals surface area contributed by atoms with E-state index in [2.05, 4.69) is 5.32 Å². The molecule has 4 aromatic rings. The Labute approximate surface area is 192 Å². The molecule has 0 unspecified atom stereocenters. The molecule has 0 radical (unpaired) electrons. The maximum absolute atomic E-state index is 13.3. The quantitative estimate of drug-likeness (QED) is 0.454. The van der Waals surface area contributed by atoms with Crippen molar-refractivity contribution in [3.63, 3.8) is 0 Å². The van der Waals surface area contributed by atoms with E-state index in [0.717, 1.165) is 39.0 Å². The molecule has 0 fully saturated rings. The Bertz CT molecular complexity index is 1430. The summed E-state index contributed by atoms with van der Waals surface area (Å²) in [6.07, 6.45) is 0. The van der Waals surface area contributed by atoms with E-state index < -0.39 is 10.0 Å². The minimum Gasteiger partial charge on any atom is -0.497 e. The van der Waals surface area contributed by atoms with Gasteiger partial charge in [-0.2, -0.15) is 0 Å². The van der Waals surface area contributed by atoms with Crippen LogP contribution in [-0.2, 0) is 16.6 Å². The van der Waals surface area contributed by atoms with Gasteiger partial charge in [-0.3, -0.25) is 4.79 Å². The molecule has 1 aromatic heterocycles. The van der Waals surface area contributed by atoms with Gasteiger partial charge in [-0.25, -0.2) is 18.5 Å². The molecule has 3 aromatic carbocycles. The average Bonchev–Trinajstić information content (AvgIpc) is 2.82. The molecule has 4 rings (SSSR count). The number of para-hydroxylation sites is 1. The van der Waals surface area contributed by atoms with E-state index in [0.29, 0.717) is 5.56 Å². The number of benzene rings is 3. The summed E-state index contributed by atoms with van der Waals surface area (Å²) in [5.41, 5.74) is 4.39. The molecule has 0 aliphatic carbocycles. The van der Waals surface area contributed by atoms with Crippen molar-refractivity contribution in [2.45, 2.75) is 18.4 Å². The Kier molecular flexibility index (Phi) is 6.13. The van der Waals surface area contributed by atoms with E-state index in [9.17, 15) is 13.2 Å². The normalized spacial score (nSPS) is 11.4. The maximum Gasteiger partial charge on any atom is 0.252 e. The number of carbonyl (C=O) groups is 1. The number of rotatable bonds is 6. The molecule has 3 N–H and O–H groups in total. The zero-order chi connectivity index (χ0) is 23.6. The van der Waals surface area contributed by atoms with Gasteiger partial charge in [0.15, 0.2) is 0 Å². The summed E-state index contributed by atoms with van der Waals surface area (Å²) < 4.78 is 28.1. The van der Waals surface area contributed by atoms with Crippen LogP contribution in [0.2, 0.25) is 0 Å². The monoisotopic (exact) mass is 461 g/mol. The Morgan fingerprint density at radius 2 is 1.67 bits per heavy atom. The molecule has 0 aliphatic heterocycles. The highest BCUT2D eigenvalue weighted by Crippen LogP contribution is 2.30. The molecular formula is C25H23N3O4S. The first-order valence-electron chi connectivity index (χ1n) is 10.2. The van der Waals surface area contributed by atoms with Crippen LogP contribution in [0.4, 0.5) is 0 Å². The molecule has 0 saturated heterocycles. The van der Waals surface area contributed by atoms with E-state index in [4.69, 9.17) is 14.9 Å². The fourth-order valence-corrected chi connectivity index (χ4v) is 4.21. The zero-order valence-electron chi connectivity index (χ0n) is 18.2. The van der Waals surface area contributed by atoms with E-state index in [1.165, 1.54) is 12.1 Å². The third-order valence-corrected chi connectivity index (χ3v) is 6.36. The Hall–Kier alpha value is -3.75. The maximum atomic E-state index is 13.3. The van der Waals surface area contributed by atoms with E-state index in [-0.39, 0.29) is 17.3 Å². The lowest BCUT2D eigenvalue weighted by Crippen LogP contribution is -2.24. The predicted octanol–water partition coefficient (Wildman–Crippen LogP) is 3.80. The van der Waals surface area contributed by atoms with E-state index >= 15 is 0 Å². The summed E-state index contributed by atoms with van der Waals surface area (Å²) in [5.74, 6) is 0.500. The number of sulfonamides is 1. The van der Waals surface area contributed by atoms with Gasteiger partial charge in [0.2, 0.25) is 10.0 Å². The van der Waals surface area contributed by atoms with Crippen molar-refractivity contribution >= 4 is 26.8 Å². The highest BCUT2D eigenvalue weighted by atomic mass is 32.2. The summed E-state index contributed by atoms with van der Waals surface area (Å²) >= 11 is 0. The smallest absolute Gasteiger partial charge is 0.252 e. The van der Waals surface area contributed by atoms with Gasteiger partial charge in [-0.1, -0.05) is 30.3 Å². The summed E-state index contributed by atoms with van der Waals surface area (Å²) in [6.45, 7) is 2.12. The van der Waals surface area contributed by atoms with Crippen LogP contribution in [-0.4, -0.2) is 26.4 Å². The second kappa shape index (κ2) is 9.01. The van der Waals surface area contributed by atoms with Crippen LogP contribution in [0.25, 0.3) is 22.2 Å². The van der Waals surface area contributed by atoms with Crippen molar-refractivity contribution in [3.05, 3.63) is 89.5 Å². The van der Waals surface area contributed by atoms with Crippen LogP contribution in [0.15, 0.2) is 77.7 Å². The van der Waals surface area contributed by atoms with Crippen LogP contribution in [0.1, 0.15) is 21.5 Å². The SMILES string of the molecule is COc1ccc(-c2nc3ccccc3c(C(=O)NCc3ccc(S(N)(=O)=O)cc3)c2C)cc1. The Morgan fingerprint density at radius 3 is 2.30 bits per heavy atom. The number of nitrogens with one attached hydrogen (secondary N) is 1. The molecule has 7 nitrogen and oxygen atoms in total. The molecule has 1 heterocycles. The lowest BCUT2D eigenvalue weighted by Gasteiger charge is -2.15. The van der Waals surface area contributed by atoms with E-state index in [1.807, 2.05) is 55.5 Å². The number of methoxy groups -OCH3 is 1. The molecular weight excluding hydrogens is 438 g/mol. The molecule has 0 spiro atoms. The van der Waals surface area contributed by atoms with Crippen molar-refractivity contribution in [3.8, 4) is 17.0 Å². The predicted molar refractivity (Wildman–Crippen MR) is 127 cm³/mol. The third-order valence-electron chi connectivity index (χ3n) is 5.43. The van der Waals surface area contributed by atoms with Crippen molar-refractivity contribution < 1.29 is 17.9 Å². The van der Waals surface area contributed by atoms with Gasteiger partial charge < -0.3 is 10.1 Å². The molecule has 0 aliphatic rings. The molecule has 0 atom stereocenters. The van der Waals surface area contributed by atoms with Crippen LogP contribution in [0.3, 0.4) is 0 Å². The standard InChI is InChI=1S/C25H23N3O4S/c1-16-23(25(29)27-15-17-7-13-20(14-8-17)33(26,30)31)21-5-3-4-6-22(21)28-24(16)18-9-11-19(32-2)12-10-18/h3-14H,15H2,1-2H3,(H,27,29)(H2,26,30,31). The number of aromatic nitrogens is 1. The lowest BCUT2D eigenvalue weighted by molar-refractivity contribution is 0.0952. The molecule has 1 amide bonds. The highest BCUT2D eigenvalue weighted by molar-refractivity contribution is 7.89. The number of hydrogen-bond acceptors (Lipinski definition) is 5. The first-order valence-corrected chi connectivity index (χ1v) is 11.8. The van der Waals surface area contributed by atoms with Crippen LogP contribution in [0, 0.1) is 6.92 Å². The molecule has 0 bridgehead atoms. The molecule has 8 heteroatoms. The number of pyridine rings is 1. The molecule has 168 valence electrons. The zero-order valence-corrected chi connectivity index (χ0v) is 19.0.